The Morgan fingerprint density at radius 2 is 1.91 bits per heavy atom. The van der Waals surface area contributed by atoms with Gasteiger partial charge in [0.2, 0.25) is 0 Å². The number of hydrogen-bond acceptors (Lipinski definition) is 5. The van der Waals surface area contributed by atoms with Gasteiger partial charge in [-0.05, 0) is 26.0 Å². The highest BCUT2D eigenvalue weighted by Crippen LogP contribution is 2.28. The van der Waals surface area contributed by atoms with Crippen molar-refractivity contribution in [3.63, 3.8) is 0 Å². The molecule has 116 valence electrons. The van der Waals surface area contributed by atoms with Gasteiger partial charge in [-0.2, -0.15) is 0 Å². The number of para-hydroxylation sites is 1. The van der Waals surface area contributed by atoms with Crippen LogP contribution in [0.25, 0.3) is 11.4 Å². The second-order valence-corrected chi connectivity index (χ2v) is 4.61. The highest BCUT2D eigenvalue weighted by atomic mass is 16.5. The Kier molecular flexibility index (Phi) is 4.93. The number of aromatic nitrogens is 2. The second-order valence-electron chi connectivity index (χ2n) is 4.61. The number of rotatable bonds is 6. The molecule has 0 fully saturated rings. The van der Waals surface area contributed by atoms with E-state index >= 15 is 0 Å². The molecule has 0 radical (unpaired) electrons. The molecule has 0 saturated heterocycles. The molecule has 1 heterocycles. The molecule has 0 amide bonds. The van der Waals surface area contributed by atoms with E-state index in [2.05, 4.69) is 9.97 Å². The van der Waals surface area contributed by atoms with Crippen LogP contribution in [-0.4, -0.2) is 41.2 Å². The maximum atomic E-state index is 11.4. The van der Waals surface area contributed by atoms with Gasteiger partial charge in [0.25, 0.3) is 0 Å². The van der Waals surface area contributed by atoms with Crippen molar-refractivity contribution < 1.29 is 14.6 Å². The van der Waals surface area contributed by atoms with Crippen LogP contribution in [0.4, 0.5) is 5.82 Å². The summed E-state index contributed by atoms with van der Waals surface area (Å²) in [4.78, 5) is 22.0. The van der Waals surface area contributed by atoms with Gasteiger partial charge in [0.15, 0.2) is 11.5 Å². The summed E-state index contributed by atoms with van der Waals surface area (Å²) in [5, 5.41) is 9.29. The molecule has 0 saturated carbocycles. The Hall–Kier alpha value is -2.63. The minimum Gasteiger partial charge on any atom is -0.496 e. The third-order valence-electron chi connectivity index (χ3n) is 3.37. The average molecular weight is 301 g/mol. The van der Waals surface area contributed by atoms with Crippen molar-refractivity contribution in [2.75, 3.05) is 25.1 Å². The van der Waals surface area contributed by atoms with Crippen LogP contribution in [0, 0.1) is 0 Å². The number of carboxylic acid groups (broad SMARTS) is 1. The molecule has 2 rings (SSSR count). The number of carbonyl (C=O) groups is 1. The SMILES string of the molecule is CCN(CC)c1cc(C(=O)O)nc(-c2ccccc2OC)n1. The van der Waals surface area contributed by atoms with Gasteiger partial charge in [-0.3, -0.25) is 0 Å². The summed E-state index contributed by atoms with van der Waals surface area (Å²) < 4.78 is 5.31. The minimum absolute atomic E-state index is 0.0298. The van der Waals surface area contributed by atoms with Crippen LogP contribution >= 0.6 is 0 Å². The number of hydrogen-bond donors (Lipinski definition) is 1. The molecule has 1 aromatic heterocycles. The molecule has 6 heteroatoms. The summed E-state index contributed by atoms with van der Waals surface area (Å²) >= 11 is 0. The number of anilines is 1. The lowest BCUT2D eigenvalue weighted by Gasteiger charge is -2.20. The Bertz CT molecular complexity index is 669. The van der Waals surface area contributed by atoms with Crippen molar-refractivity contribution >= 4 is 11.8 Å². The molecule has 0 unspecified atom stereocenters. The van der Waals surface area contributed by atoms with E-state index in [-0.39, 0.29) is 5.69 Å². The number of carboxylic acids is 1. The zero-order chi connectivity index (χ0) is 16.1. The first kappa shape index (κ1) is 15.8. The molecule has 0 bridgehead atoms. The largest absolute Gasteiger partial charge is 0.496 e. The van der Waals surface area contributed by atoms with Crippen LogP contribution in [0.15, 0.2) is 30.3 Å². The number of nitrogens with zero attached hydrogens (tertiary/aromatic N) is 3. The van der Waals surface area contributed by atoms with Crippen molar-refractivity contribution in [3.05, 3.63) is 36.0 Å². The van der Waals surface area contributed by atoms with E-state index in [1.807, 2.05) is 36.9 Å². The van der Waals surface area contributed by atoms with E-state index in [9.17, 15) is 9.90 Å². The number of ether oxygens (including phenoxy) is 1. The summed E-state index contributed by atoms with van der Waals surface area (Å²) in [5.41, 5.74) is 0.638. The average Bonchev–Trinajstić information content (AvgIpc) is 2.55. The molecular weight excluding hydrogens is 282 g/mol. The van der Waals surface area contributed by atoms with Gasteiger partial charge in [-0.1, -0.05) is 12.1 Å². The van der Waals surface area contributed by atoms with Crippen LogP contribution in [0.5, 0.6) is 5.75 Å². The predicted octanol–water partition coefficient (Wildman–Crippen LogP) is 2.70. The lowest BCUT2D eigenvalue weighted by atomic mass is 10.2. The number of benzene rings is 1. The lowest BCUT2D eigenvalue weighted by Crippen LogP contribution is -2.24. The summed E-state index contributed by atoms with van der Waals surface area (Å²) in [5.74, 6) is 0.472. The molecule has 0 aliphatic rings. The summed E-state index contributed by atoms with van der Waals surface area (Å²) in [6.45, 7) is 5.46. The van der Waals surface area contributed by atoms with E-state index in [0.717, 1.165) is 13.1 Å². The van der Waals surface area contributed by atoms with Crippen molar-refractivity contribution in [1.29, 1.82) is 0 Å². The molecule has 6 nitrogen and oxygen atoms in total. The standard InChI is InChI=1S/C16H19N3O3/c1-4-19(5-2)14-10-12(16(20)21)17-15(18-14)11-8-6-7-9-13(11)22-3/h6-10H,4-5H2,1-3H3,(H,20,21). The molecule has 0 spiro atoms. The topological polar surface area (TPSA) is 75.6 Å². The molecule has 0 atom stereocenters. The lowest BCUT2D eigenvalue weighted by molar-refractivity contribution is 0.0690. The highest BCUT2D eigenvalue weighted by molar-refractivity contribution is 5.87. The smallest absolute Gasteiger partial charge is 0.354 e. The van der Waals surface area contributed by atoms with Crippen LogP contribution in [0.2, 0.25) is 0 Å². The maximum Gasteiger partial charge on any atom is 0.354 e. The molecule has 0 aliphatic carbocycles. The van der Waals surface area contributed by atoms with Gasteiger partial charge in [0.1, 0.15) is 11.6 Å². The van der Waals surface area contributed by atoms with Gasteiger partial charge in [-0.15, -0.1) is 0 Å². The van der Waals surface area contributed by atoms with Crippen LogP contribution < -0.4 is 9.64 Å². The monoisotopic (exact) mass is 301 g/mol. The quantitative estimate of drug-likeness (QED) is 0.884. The molecule has 22 heavy (non-hydrogen) atoms. The molecule has 1 aromatic carbocycles. The van der Waals surface area contributed by atoms with Crippen molar-refractivity contribution in [1.82, 2.24) is 9.97 Å². The Labute approximate surface area is 129 Å². The van der Waals surface area contributed by atoms with E-state index in [1.54, 1.807) is 13.2 Å². The maximum absolute atomic E-state index is 11.4. The first-order chi connectivity index (χ1) is 10.6. The Balaban J connectivity index is 2.62. The number of aromatic carboxylic acids is 1. The zero-order valence-corrected chi connectivity index (χ0v) is 12.9. The first-order valence-electron chi connectivity index (χ1n) is 7.11. The van der Waals surface area contributed by atoms with E-state index < -0.39 is 5.97 Å². The summed E-state index contributed by atoms with van der Waals surface area (Å²) in [7, 11) is 1.56. The minimum atomic E-state index is -1.08. The van der Waals surface area contributed by atoms with Gasteiger partial charge in [0, 0.05) is 19.2 Å². The third kappa shape index (κ3) is 3.16. The van der Waals surface area contributed by atoms with Gasteiger partial charge in [-0.25, -0.2) is 14.8 Å². The second kappa shape index (κ2) is 6.89. The van der Waals surface area contributed by atoms with E-state index in [1.165, 1.54) is 6.07 Å². The summed E-state index contributed by atoms with van der Waals surface area (Å²) in [6.07, 6.45) is 0. The van der Waals surface area contributed by atoms with Gasteiger partial charge >= 0.3 is 5.97 Å². The van der Waals surface area contributed by atoms with Gasteiger partial charge in [0.05, 0.1) is 12.7 Å². The van der Waals surface area contributed by atoms with Crippen molar-refractivity contribution in [2.24, 2.45) is 0 Å². The fraction of sp³-hybridized carbons (Fsp3) is 0.312. The molecule has 0 aliphatic heterocycles. The normalized spacial score (nSPS) is 10.3. The highest BCUT2D eigenvalue weighted by Gasteiger charge is 2.16. The summed E-state index contributed by atoms with van der Waals surface area (Å²) in [6, 6.07) is 8.78. The van der Waals surface area contributed by atoms with E-state index in [0.29, 0.717) is 23.0 Å². The van der Waals surface area contributed by atoms with Gasteiger partial charge < -0.3 is 14.7 Å². The van der Waals surface area contributed by atoms with Crippen LogP contribution in [0.1, 0.15) is 24.3 Å². The first-order valence-corrected chi connectivity index (χ1v) is 7.11. The molecule has 1 N–H and O–H groups in total. The Morgan fingerprint density at radius 3 is 2.50 bits per heavy atom. The van der Waals surface area contributed by atoms with Crippen LogP contribution in [0.3, 0.4) is 0 Å². The Morgan fingerprint density at radius 1 is 1.23 bits per heavy atom. The zero-order valence-electron chi connectivity index (χ0n) is 12.9. The third-order valence-corrected chi connectivity index (χ3v) is 3.37. The fourth-order valence-electron chi connectivity index (χ4n) is 2.20. The predicted molar refractivity (Wildman–Crippen MR) is 84.5 cm³/mol. The molecule has 2 aromatic rings. The van der Waals surface area contributed by atoms with Crippen molar-refractivity contribution in [3.8, 4) is 17.1 Å². The van der Waals surface area contributed by atoms with Crippen molar-refractivity contribution in [2.45, 2.75) is 13.8 Å². The number of methoxy groups -OCH3 is 1. The molecular formula is C16H19N3O3. The van der Waals surface area contributed by atoms with Crippen LogP contribution in [-0.2, 0) is 0 Å². The fourth-order valence-corrected chi connectivity index (χ4v) is 2.20. The van der Waals surface area contributed by atoms with E-state index in [4.69, 9.17) is 4.74 Å².